The first kappa shape index (κ1) is 14.0. The molecule has 0 bridgehead atoms. The molecular weight excluding hydrogens is 247 g/mol. The number of anilines is 2. The van der Waals surface area contributed by atoms with E-state index in [1.54, 1.807) is 7.05 Å². The molecule has 3 N–H and O–H groups in total. The summed E-state index contributed by atoms with van der Waals surface area (Å²) in [6.07, 6.45) is 4.96. The van der Waals surface area contributed by atoms with Crippen LogP contribution in [0.2, 0.25) is 0 Å². The average molecular weight is 268 g/mol. The molecule has 106 valence electrons. The van der Waals surface area contributed by atoms with Gasteiger partial charge in [-0.3, -0.25) is 0 Å². The lowest BCUT2D eigenvalue weighted by Gasteiger charge is -2.39. The first-order valence-electron chi connectivity index (χ1n) is 6.68. The van der Waals surface area contributed by atoms with E-state index in [1.165, 1.54) is 0 Å². The van der Waals surface area contributed by atoms with Crippen molar-refractivity contribution >= 4 is 11.8 Å². The van der Waals surface area contributed by atoms with Gasteiger partial charge in [0.05, 0.1) is 18.3 Å². The quantitative estimate of drug-likeness (QED) is 0.779. The zero-order valence-corrected chi connectivity index (χ0v) is 11.4. The number of aromatic nitrogens is 2. The lowest BCUT2D eigenvalue weighted by molar-refractivity contribution is 0.149. The van der Waals surface area contributed by atoms with Gasteiger partial charge in [-0.1, -0.05) is 19.8 Å². The molecule has 19 heavy (non-hydrogen) atoms. The molecule has 0 saturated heterocycles. The first-order chi connectivity index (χ1) is 9.08. The molecule has 2 unspecified atom stereocenters. The molecule has 1 aliphatic carbocycles. The van der Waals surface area contributed by atoms with Gasteiger partial charge in [-0.25, -0.2) is 9.37 Å². The van der Waals surface area contributed by atoms with Crippen molar-refractivity contribution < 1.29 is 9.50 Å². The molecule has 6 heteroatoms. The molecule has 1 aromatic heterocycles. The maximum absolute atomic E-state index is 13.8. The van der Waals surface area contributed by atoms with E-state index in [0.717, 1.165) is 31.9 Å². The Balaban J connectivity index is 2.22. The number of nitrogens with one attached hydrogen (secondary N) is 2. The van der Waals surface area contributed by atoms with E-state index in [9.17, 15) is 9.50 Å². The van der Waals surface area contributed by atoms with Crippen LogP contribution in [-0.4, -0.2) is 34.3 Å². The van der Waals surface area contributed by atoms with Gasteiger partial charge in [0.1, 0.15) is 0 Å². The molecule has 0 amide bonds. The molecule has 1 saturated carbocycles. The maximum Gasteiger partial charge on any atom is 0.224 e. The zero-order valence-electron chi connectivity index (χ0n) is 11.4. The topological polar surface area (TPSA) is 70.1 Å². The fourth-order valence-electron chi connectivity index (χ4n) is 2.78. The molecule has 1 heterocycles. The number of hydrogen-bond donors (Lipinski definition) is 3. The molecule has 0 radical (unpaired) electrons. The minimum atomic E-state index is -0.495. The van der Waals surface area contributed by atoms with Crippen LogP contribution >= 0.6 is 0 Å². The second-order valence-corrected chi connectivity index (χ2v) is 5.41. The third-order valence-corrected chi connectivity index (χ3v) is 3.75. The van der Waals surface area contributed by atoms with Crippen LogP contribution in [0.25, 0.3) is 0 Å². The summed E-state index contributed by atoms with van der Waals surface area (Å²) in [5, 5.41) is 15.6. The van der Waals surface area contributed by atoms with Gasteiger partial charge in [0.2, 0.25) is 5.95 Å². The van der Waals surface area contributed by atoms with Gasteiger partial charge < -0.3 is 15.7 Å². The third-order valence-electron chi connectivity index (χ3n) is 3.75. The van der Waals surface area contributed by atoms with E-state index < -0.39 is 11.4 Å². The summed E-state index contributed by atoms with van der Waals surface area (Å²) < 4.78 is 13.8. The van der Waals surface area contributed by atoms with Crippen molar-refractivity contribution in [3.63, 3.8) is 0 Å². The van der Waals surface area contributed by atoms with Crippen molar-refractivity contribution in [1.82, 2.24) is 9.97 Å². The van der Waals surface area contributed by atoms with Gasteiger partial charge in [0, 0.05) is 7.05 Å². The van der Waals surface area contributed by atoms with Crippen molar-refractivity contribution in [3.05, 3.63) is 12.0 Å². The number of aliphatic hydroxyl groups excluding tert-OH is 1. The highest BCUT2D eigenvalue weighted by Crippen LogP contribution is 2.34. The molecular formula is C13H21FN4O. The average Bonchev–Trinajstić information content (AvgIpc) is 2.41. The Bertz CT molecular complexity index is 443. The molecule has 2 atom stereocenters. The Labute approximate surface area is 112 Å². The Hall–Kier alpha value is -1.43. The highest BCUT2D eigenvalue weighted by atomic mass is 19.1. The fourth-order valence-corrected chi connectivity index (χ4v) is 2.78. The van der Waals surface area contributed by atoms with Gasteiger partial charge in [-0.2, -0.15) is 4.98 Å². The summed E-state index contributed by atoms with van der Waals surface area (Å²) in [4.78, 5) is 7.90. The minimum Gasteiger partial charge on any atom is -0.394 e. The largest absolute Gasteiger partial charge is 0.394 e. The van der Waals surface area contributed by atoms with Crippen LogP contribution in [0.15, 0.2) is 6.20 Å². The van der Waals surface area contributed by atoms with Gasteiger partial charge in [0.15, 0.2) is 11.6 Å². The van der Waals surface area contributed by atoms with E-state index in [4.69, 9.17) is 0 Å². The normalized spacial score (nSPS) is 27.1. The zero-order chi connectivity index (χ0) is 13.9. The lowest BCUT2D eigenvalue weighted by Crippen LogP contribution is -2.46. The highest BCUT2D eigenvalue weighted by Gasteiger charge is 2.35. The van der Waals surface area contributed by atoms with Crippen molar-refractivity contribution in [1.29, 1.82) is 0 Å². The summed E-state index contributed by atoms with van der Waals surface area (Å²) in [5.41, 5.74) is -0.474. The molecule has 1 fully saturated rings. The fraction of sp³-hybridized carbons (Fsp3) is 0.692. The first-order valence-corrected chi connectivity index (χ1v) is 6.68. The Morgan fingerprint density at radius 1 is 1.58 bits per heavy atom. The number of nitrogens with zero attached hydrogens (tertiary/aromatic N) is 2. The highest BCUT2D eigenvalue weighted by molar-refractivity contribution is 5.43. The van der Waals surface area contributed by atoms with Crippen molar-refractivity contribution in [3.8, 4) is 0 Å². The van der Waals surface area contributed by atoms with Gasteiger partial charge in [-0.15, -0.1) is 0 Å². The Morgan fingerprint density at radius 2 is 2.37 bits per heavy atom. The van der Waals surface area contributed by atoms with Crippen LogP contribution in [0, 0.1) is 11.7 Å². The van der Waals surface area contributed by atoms with Crippen molar-refractivity contribution in [2.24, 2.45) is 5.92 Å². The van der Waals surface area contributed by atoms with Gasteiger partial charge >= 0.3 is 0 Å². The van der Waals surface area contributed by atoms with Crippen molar-refractivity contribution in [2.75, 3.05) is 24.3 Å². The standard InChI is InChI=1S/C13H21FN4O/c1-9-4-3-5-13(6-9,8-19)18-11-10(14)7-16-12(15-2)17-11/h7,9,19H,3-6,8H2,1-2H3,(H2,15,16,17,18). The van der Waals surface area contributed by atoms with E-state index >= 15 is 0 Å². The second-order valence-electron chi connectivity index (χ2n) is 5.41. The second kappa shape index (κ2) is 5.69. The van der Waals surface area contributed by atoms with Crippen LogP contribution in [0.1, 0.15) is 32.6 Å². The van der Waals surface area contributed by atoms with E-state index in [1.807, 2.05) is 0 Å². The SMILES string of the molecule is CNc1ncc(F)c(NC2(CO)CCCC(C)C2)n1. The third kappa shape index (κ3) is 3.12. The molecule has 0 spiro atoms. The summed E-state index contributed by atoms with van der Waals surface area (Å²) in [6, 6.07) is 0. The van der Waals surface area contributed by atoms with Crippen LogP contribution in [0.4, 0.5) is 16.2 Å². The number of rotatable bonds is 4. The Kier molecular flexibility index (Phi) is 4.19. The number of hydrogen-bond acceptors (Lipinski definition) is 5. The molecule has 1 aliphatic rings. The molecule has 0 aromatic carbocycles. The summed E-state index contributed by atoms with van der Waals surface area (Å²) in [5.74, 6) is 0.537. The number of halogens is 1. The predicted octanol–water partition coefficient (Wildman–Crippen LogP) is 2.01. The van der Waals surface area contributed by atoms with Crippen LogP contribution in [0.3, 0.4) is 0 Å². The van der Waals surface area contributed by atoms with E-state index in [-0.39, 0.29) is 12.4 Å². The lowest BCUT2D eigenvalue weighted by atomic mass is 9.77. The van der Waals surface area contributed by atoms with E-state index in [2.05, 4.69) is 27.5 Å². The van der Waals surface area contributed by atoms with Crippen LogP contribution in [0.5, 0.6) is 0 Å². The van der Waals surface area contributed by atoms with Crippen LogP contribution in [-0.2, 0) is 0 Å². The predicted molar refractivity (Wildman–Crippen MR) is 72.6 cm³/mol. The van der Waals surface area contributed by atoms with Gasteiger partial charge in [0.25, 0.3) is 0 Å². The monoisotopic (exact) mass is 268 g/mol. The molecule has 0 aliphatic heterocycles. The van der Waals surface area contributed by atoms with Gasteiger partial charge in [-0.05, 0) is 18.8 Å². The molecule has 5 nitrogen and oxygen atoms in total. The summed E-state index contributed by atoms with van der Waals surface area (Å²) in [6.45, 7) is 2.14. The summed E-state index contributed by atoms with van der Waals surface area (Å²) in [7, 11) is 1.68. The maximum atomic E-state index is 13.8. The number of aliphatic hydroxyl groups is 1. The minimum absolute atomic E-state index is 0.0182. The van der Waals surface area contributed by atoms with Crippen molar-refractivity contribution in [2.45, 2.75) is 38.1 Å². The Morgan fingerprint density at radius 3 is 3.00 bits per heavy atom. The van der Waals surface area contributed by atoms with Crippen LogP contribution < -0.4 is 10.6 Å². The molecule has 2 rings (SSSR count). The smallest absolute Gasteiger partial charge is 0.224 e. The van der Waals surface area contributed by atoms with E-state index in [0.29, 0.717) is 11.9 Å². The molecule has 1 aromatic rings. The summed E-state index contributed by atoms with van der Waals surface area (Å²) >= 11 is 0.